The van der Waals surface area contributed by atoms with E-state index in [0.29, 0.717) is 10.8 Å². The number of aliphatic hydroxyl groups is 1. The van der Waals surface area contributed by atoms with Gasteiger partial charge in [0.25, 0.3) is 0 Å². The summed E-state index contributed by atoms with van der Waals surface area (Å²) >= 11 is 5.99. The van der Waals surface area contributed by atoms with Gasteiger partial charge in [0.2, 0.25) is 0 Å². The summed E-state index contributed by atoms with van der Waals surface area (Å²) in [4.78, 5) is 4.32. The van der Waals surface area contributed by atoms with Crippen molar-refractivity contribution in [2.75, 3.05) is 6.54 Å². The Kier molecular flexibility index (Phi) is 6.07. The van der Waals surface area contributed by atoms with Gasteiger partial charge in [-0.1, -0.05) is 23.7 Å². The van der Waals surface area contributed by atoms with Crippen molar-refractivity contribution in [3.05, 3.63) is 59.4 Å². The molecule has 1 fully saturated rings. The normalized spacial score (nSPS) is 23.8. The zero-order chi connectivity index (χ0) is 16.8. The summed E-state index contributed by atoms with van der Waals surface area (Å²) in [6, 6.07) is 13.3. The van der Waals surface area contributed by atoms with Crippen molar-refractivity contribution in [3.63, 3.8) is 0 Å². The molecular formula is C19H23ClN2O2. The second-order valence-electron chi connectivity index (χ2n) is 6.17. The maximum atomic E-state index is 10.6. The van der Waals surface area contributed by atoms with E-state index in [9.17, 15) is 5.11 Å². The Hall–Kier alpha value is -1.62. The highest BCUT2D eigenvalue weighted by atomic mass is 35.5. The number of ether oxygens (including phenoxy) is 1. The number of rotatable bonds is 6. The SMILES string of the molecule is O[C@@H]1[C@@H](NCCc2ccccn2)CCC[C@H]1Oc1cccc(Cl)c1. The molecule has 0 radical (unpaired) electrons. The van der Waals surface area contributed by atoms with Crippen LogP contribution in [0.1, 0.15) is 25.0 Å². The first kappa shape index (κ1) is 17.2. The predicted molar refractivity (Wildman–Crippen MR) is 95.5 cm³/mol. The fourth-order valence-electron chi connectivity index (χ4n) is 3.14. The Morgan fingerprint density at radius 2 is 2.12 bits per heavy atom. The number of aliphatic hydroxyl groups excluding tert-OH is 1. The molecule has 24 heavy (non-hydrogen) atoms. The number of hydrogen-bond donors (Lipinski definition) is 2. The first-order valence-corrected chi connectivity index (χ1v) is 8.84. The molecule has 2 aromatic rings. The molecule has 3 atom stereocenters. The Labute approximate surface area is 147 Å². The van der Waals surface area contributed by atoms with Crippen molar-refractivity contribution in [2.24, 2.45) is 0 Å². The van der Waals surface area contributed by atoms with E-state index in [1.165, 1.54) is 0 Å². The molecule has 0 unspecified atom stereocenters. The van der Waals surface area contributed by atoms with Crippen molar-refractivity contribution >= 4 is 11.6 Å². The summed E-state index contributed by atoms with van der Waals surface area (Å²) in [5.74, 6) is 0.709. The molecule has 1 aliphatic rings. The van der Waals surface area contributed by atoms with E-state index >= 15 is 0 Å². The van der Waals surface area contributed by atoms with Crippen LogP contribution in [0.4, 0.5) is 0 Å². The summed E-state index contributed by atoms with van der Waals surface area (Å²) < 4.78 is 5.96. The highest BCUT2D eigenvalue weighted by molar-refractivity contribution is 6.30. The van der Waals surface area contributed by atoms with Crippen LogP contribution in [0.15, 0.2) is 48.7 Å². The Balaban J connectivity index is 1.51. The van der Waals surface area contributed by atoms with E-state index in [1.807, 2.05) is 36.4 Å². The lowest BCUT2D eigenvalue weighted by Gasteiger charge is -2.35. The topological polar surface area (TPSA) is 54.4 Å². The van der Waals surface area contributed by atoms with Crippen LogP contribution in [-0.4, -0.2) is 34.9 Å². The molecule has 1 aromatic heterocycles. The minimum Gasteiger partial charge on any atom is -0.488 e. The molecule has 1 aromatic carbocycles. The molecule has 1 saturated carbocycles. The summed E-state index contributed by atoms with van der Waals surface area (Å²) in [6.07, 6.45) is 4.77. The van der Waals surface area contributed by atoms with E-state index in [0.717, 1.165) is 37.9 Å². The van der Waals surface area contributed by atoms with E-state index in [1.54, 1.807) is 12.3 Å². The Bertz CT molecular complexity index is 638. The molecule has 0 spiro atoms. The van der Waals surface area contributed by atoms with Crippen LogP contribution in [0.25, 0.3) is 0 Å². The third-order valence-electron chi connectivity index (χ3n) is 4.39. The summed E-state index contributed by atoms with van der Waals surface area (Å²) in [5, 5.41) is 14.7. The van der Waals surface area contributed by atoms with Crippen LogP contribution in [0, 0.1) is 0 Å². The molecule has 2 N–H and O–H groups in total. The van der Waals surface area contributed by atoms with Crippen molar-refractivity contribution < 1.29 is 9.84 Å². The van der Waals surface area contributed by atoms with E-state index in [2.05, 4.69) is 10.3 Å². The number of nitrogens with zero attached hydrogens (tertiary/aromatic N) is 1. The third kappa shape index (κ3) is 4.69. The first-order chi connectivity index (χ1) is 11.7. The minimum absolute atomic E-state index is 0.0478. The summed E-state index contributed by atoms with van der Waals surface area (Å²) in [5.41, 5.74) is 1.06. The largest absolute Gasteiger partial charge is 0.488 e. The average Bonchev–Trinajstić information content (AvgIpc) is 2.59. The van der Waals surface area contributed by atoms with Crippen LogP contribution < -0.4 is 10.1 Å². The van der Waals surface area contributed by atoms with Gasteiger partial charge in [-0.05, 0) is 49.6 Å². The van der Waals surface area contributed by atoms with E-state index < -0.39 is 6.10 Å². The van der Waals surface area contributed by atoms with Crippen molar-refractivity contribution in [1.29, 1.82) is 0 Å². The minimum atomic E-state index is -0.526. The van der Waals surface area contributed by atoms with Crippen molar-refractivity contribution in [3.8, 4) is 5.75 Å². The van der Waals surface area contributed by atoms with Crippen LogP contribution >= 0.6 is 11.6 Å². The van der Waals surface area contributed by atoms with E-state index in [4.69, 9.17) is 16.3 Å². The molecule has 0 amide bonds. The van der Waals surface area contributed by atoms with Crippen molar-refractivity contribution in [2.45, 2.75) is 43.9 Å². The second-order valence-corrected chi connectivity index (χ2v) is 6.60. The molecule has 1 aliphatic carbocycles. The standard InChI is InChI=1S/C19H23ClN2O2/c20-14-5-3-7-16(13-14)24-18-9-4-8-17(19(18)23)22-12-10-15-6-1-2-11-21-15/h1-3,5-7,11,13,17-19,22-23H,4,8-10,12H2/t17-,18+,19+/m0/s1. The quantitative estimate of drug-likeness (QED) is 0.843. The maximum absolute atomic E-state index is 10.6. The van der Waals surface area contributed by atoms with Gasteiger partial charge < -0.3 is 15.2 Å². The molecule has 1 heterocycles. The Morgan fingerprint density at radius 3 is 2.92 bits per heavy atom. The fraction of sp³-hybridized carbons (Fsp3) is 0.421. The lowest BCUT2D eigenvalue weighted by Crippen LogP contribution is -2.51. The molecule has 3 rings (SSSR count). The number of benzene rings is 1. The van der Waals surface area contributed by atoms with Gasteiger partial charge in [-0.3, -0.25) is 4.98 Å². The molecule has 4 nitrogen and oxygen atoms in total. The monoisotopic (exact) mass is 346 g/mol. The molecule has 0 bridgehead atoms. The lowest BCUT2D eigenvalue weighted by molar-refractivity contribution is -0.0151. The van der Waals surface area contributed by atoms with Crippen LogP contribution in [-0.2, 0) is 6.42 Å². The number of hydrogen-bond acceptors (Lipinski definition) is 4. The van der Waals surface area contributed by atoms with E-state index in [-0.39, 0.29) is 12.1 Å². The zero-order valence-corrected chi connectivity index (χ0v) is 14.3. The maximum Gasteiger partial charge on any atom is 0.126 e. The molecule has 0 aliphatic heterocycles. The van der Waals surface area contributed by atoms with Crippen LogP contribution in [0.5, 0.6) is 5.75 Å². The smallest absolute Gasteiger partial charge is 0.126 e. The Morgan fingerprint density at radius 1 is 1.21 bits per heavy atom. The number of aromatic nitrogens is 1. The van der Waals surface area contributed by atoms with Gasteiger partial charge in [-0.15, -0.1) is 0 Å². The highest BCUT2D eigenvalue weighted by Crippen LogP contribution is 2.26. The second kappa shape index (κ2) is 8.47. The van der Waals surface area contributed by atoms with Gasteiger partial charge in [0.1, 0.15) is 18.0 Å². The average molecular weight is 347 g/mol. The first-order valence-electron chi connectivity index (χ1n) is 8.46. The van der Waals surface area contributed by atoms with Gasteiger partial charge in [-0.25, -0.2) is 0 Å². The number of halogens is 1. The van der Waals surface area contributed by atoms with Crippen LogP contribution in [0.3, 0.4) is 0 Å². The molecular weight excluding hydrogens is 324 g/mol. The van der Waals surface area contributed by atoms with Gasteiger partial charge in [-0.2, -0.15) is 0 Å². The van der Waals surface area contributed by atoms with Gasteiger partial charge in [0, 0.05) is 35.9 Å². The fourth-order valence-corrected chi connectivity index (χ4v) is 3.32. The molecule has 0 saturated heterocycles. The third-order valence-corrected chi connectivity index (χ3v) is 4.63. The molecule has 128 valence electrons. The van der Waals surface area contributed by atoms with Gasteiger partial charge in [0.05, 0.1) is 0 Å². The van der Waals surface area contributed by atoms with Gasteiger partial charge >= 0.3 is 0 Å². The highest BCUT2D eigenvalue weighted by Gasteiger charge is 2.33. The number of pyridine rings is 1. The molecule has 5 heteroatoms. The lowest BCUT2D eigenvalue weighted by atomic mass is 9.89. The van der Waals surface area contributed by atoms with Crippen molar-refractivity contribution in [1.82, 2.24) is 10.3 Å². The van der Waals surface area contributed by atoms with Crippen LogP contribution in [0.2, 0.25) is 5.02 Å². The van der Waals surface area contributed by atoms with Gasteiger partial charge in [0.15, 0.2) is 0 Å². The zero-order valence-electron chi connectivity index (χ0n) is 13.6. The predicted octanol–water partition coefficient (Wildman–Crippen LogP) is 3.23. The summed E-state index contributed by atoms with van der Waals surface area (Å²) in [6.45, 7) is 0.794. The summed E-state index contributed by atoms with van der Waals surface area (Å²) in [7, 11) is 0. The number of nitrogens with one attached hydrogen (secondary N) is 1.